The molecule has 1 aromatic carbocycles. The number of aromatic nitrogens is 1. The van der Waals surface area contributed by atoms with E-state index in [1.54, 1.807) is 6.20 Å². The lowest BCUT2D eigenvalue weighted by molar-refractivity contribution is 0.0140. The SMILES string of the molecule is CC(C)N1C[C@@H](C)[C@](C)(c2ccc(-c3cnc(N)c(C(=O)N[C@H]4CC[C@](C)(O)CC4)c3)cc2)C1. The van der Waals surface area contributed by atoms with Crippen molar-refractivity contribution in [3.63, 3.8) is 0 Å². The van der Waals surface area contributed by atoms with Crippen LogP contribution in [-0.4, -0.2) is 51.7 Å². The summed E-state index contributed by atoms with van der Waals surface area (Å²) < 4.78 is 0. The Hall–Kier alpha value is -2.44. The largest absolute Gasteiger partial charge is 0.390 e. The highest BCUT2D eigenvalue weighted by molar-refractivity contribution is 5.99. The molecule has 0 unspecified atom stereocenters. The number of carbonyl (C=O) groups excluding carboxylic acids is 1. The van der Waals surface area contributed by atoms with Gasteiger partial charge < -0.3 is 16.2 Å². The predicted octanol–water partition coefficient (Wildman–Crippen LogP) is 4.37. The zero-order chi connectivity index (χ0) is 24.7. The van der Waals surface area contributed by atoms with Crippen LogP contribution in [-0.2, 0) is 5.41 Å². The summed E-state index contributed by atoms with van der Waals surface area (Å²) in [5.74, 6) is 0.621. The summed E-state index contributed by atoms with van der Waals surface area (Å²) in [7, 11) is 0. The van der Waals surface area contributed by atoms with Gasteiger partial charge in [-0.15, -0.1) is 0 Å². The Kier molecular flexibility index (Phi) is 6.76. The number of nitrogens with two attached hydrogens (primary N) is 1. The molecule has 1 aliphatic heterocycles. The quantitative estimate of drug-likeness (QED) is 0.611. The van der Waals surface area contributed by atoms with Crippen molar-refractivity contribution in [3.8, 4) is 11.1 Å². The number of hydrogen-bond acceptors (Lipinski definition) is 5. The molecule has 6 heteroatoms. The first-order valence-corrected chi connectivity index (χ1v) is 12.6. The molecule has 4 N–H and O–H groups in total. The normalized spacial score (nSPS) is 30.0. The number of benzene rings is 1. The molecule has 0 radical (unpaired) electrons. The van der Waals surface area contributed by atoms with Crippen molar-refractivity contribution in [2.45, 2.75) is 83.4 Å². The fraction of sp³-hybridized carbons (Fsp3) is 0.571. The third-order valence-electron chi connectivity index (χ3n) is 8.30. The Bertz CT molecular complexity index is 1020. The zero-order valence-electron chi connectivity index (χ0n) is 21.3. The molecule has 2 atom stereocenters. The van der Waals surface area contributed by atoms with E-state index in [-0.39, 0.29) is 23.2 Å². The second-order valence-corrected chi connectivity index (χ2v) is 11.3. The van der Waals surface area contributed by atoms with Gasteiger partial charge in [0.1, 0.15) is 5.82 Å². The van der Waals surface area contributed by atoms with Crippen LogP contribution in [0.3, 0.4) is 0 Å². The lowest BCUT2D eigenvalue weighted by atomic mass is 9.75. The highest BCUT2D eigenvalue weighted by Crippen LogP contribution is 2.40. The van der Waals surface area contributed by atoms with Gasteiger partial charge in [0.25, 0.3) is 5.91 Å². The van der Waals surface area contributed by atoms with Crippen LogP contribution in [0.5, 0.6) is 0 Å². The van der Waals surface area contributed by atoms with Crippen LogP contribution in [0.1, 0.15) is 76.2 Å². The van der Waals surface area contributed by atoms with Crippen LogP contribution < -0.4 is 11.1 Å². The summed E-state index contributed by atoms with van der Waals surface area (Å²) in [4.78, 5) is 19.8. The molecule has 1 aromatic heterocycles. The molecular weight excluding hydrogens is 424 g/mol. The average Bonchev–Trinajstić information content (AvgIpc) is 3.11. The van der Waals surface area contributed by atoms with Crippen molar-refractivity contribution in [1.82, 2.24) is 15.2 Å². The van der Waals surface area contributed by atoms with Gasteiger partial charge in [0.15, 0.2) is 0 Å². The Morgan fingerprint density at radius 2 is 1.82 bits per heavy atom. The molecule has 34 heavy (non-hydrogen) atoms. The number of rotatable bonds is 5. The van der Waals surface area contributed by atoms with E-state index in [1.165, 1.54) is 5.56 Å². The summed E-state index contributed by atoms with van der Waals surface area (Å²) in [5, 5.41) is 13.2. The van der Waals surface area contributed by atoms with E-state index < -0.39 is 5.60 Å². The summed E-state index contributed by atoms with van der Waals surface area (Å²) in [5.41, 5.74) is 9.23. The summed E-state index contributed by atoms with van der Waals surface area (Å²) >= 11 is 0. The molecule has 0 spiro atoms. The summed E-state index contributed by atoms with van der Waals surface area (Å²) in [6.07, 6.45) is 4.63. The van der Waals surface area contributed by atoms with Crippen molar-refractivity contribution in [1.29, 1.82) is 0 Å². The molecule has 2 aliphatic rings. The van der Waals surface area contributed by atoms with Gasteiger partial charge >= 0.3 is 0 Å². The highest BCUT2D eigenvalue weighted by atomic mass is 16.3. The molecule has 184 valence electrons. The number of anilines is 1. The third-order valence-corrected chi connectivity index (χ3v) is 8.30. The minimum Gasteiger partial charge on any atom is -0.390 e. The van der Waals surface area contributed by atoms with E-state index in [2.05, 4.69) is 67.2 Å². The number of carbonyl (C=O) groups is 1. The molecule has 1 saturated heterocycles. The number of likely N-dealkylation sites (tertiary alicyclic amines) is 1. The van der Waals surface area contributed by atoms with Crippen molar-refractivity contribution >= 4 is 11.7 Å². The first kappa shape index (κ1) is 24.7. The van der Waals surface area contributed by atoms with Crippen LogP contribution in [0.2, 0.25) is 0 Å². The third kappa shape index (κ3) is 4.98. The molecule has 2 heterocycles. The number of hydrogen-bond donors (Lipinski definition) is 3. The number of aliphatic hydroxyl groups is 1. The van der Waals surface area contributed by atoms with Crippen molar-refractivity contribution in [3.05, 3.63) is 47.7 Å². The standard InChI is InChI=1S/C28H40N4O2/c1-18(2)32-16-19(3)28(5,17-32)22-8-6-20(7-9-22)21-14-24(25(29)30-15-21)26(33)31-23-10-12-27(4,34)13-11-23/h6-9,14-15,18-19,23,34H,10-13,16-17H2,1-5H3,(H2,29,30)(H,31,33)/t19-,23-,27-,28-/m1/s1. The predicted molar refractivity (Wildman–Crippen MR) is 138 cm³/mol. The first-order valence-electron chi connectivity index (χ1n) is 12.6. The number of nitrogens with zero attached hydrogens (tertiary/aromatic N) is 2. The van der Waals surface area contributed by atoms with Crippen LogP contribution in [0.15, 0.2) is 36.5 Å². The molecule has 1 saturated carbocycles. The van der Waals surface area contributed by atoms with E-state index >= 15 is 0 Å². The van der Waals surface area contributed by atoms with E-state index in [1.807, 2.05) is 13.0 Å². The van der Waals surface area contributed by atoms with E-state index in [4.69, 9.17) is 5.73 Å². The van der Waals surface area contributed by atoms with Gasteiger partial charge in [-0.25, -0.2) is 4.98 Å². The second-order valence-electron chi connectivity index (χ2n) is 11.3. The van der Waals surface area contributed by atoms with Crippen LogP contribution in [0, 0.1) is 5.92 Å². The second kappa shape index (κ2) is 9.31. The topological polar surface area (TPSA) is 91.5 Å². The van der Waals surface area contributed by atoms with Gasteiger partial charge in [-0.3, -0.25) is 9.69 Å². The number of nitrogen functional groups attached to an aromatic ring is 1. The summed E-state index contributed by atoms with van der Waals surface area (Å²) in [6.45, 7) is 13.3. The maximum Gasteiger partial charge on any atom is 0.255 e. The lowest BCUT2D eigenvalue weighted by Gasteiger charge is -2.33. The van der Waals surface area contributed by atoms with Gasteiger partial charge in [-0.05, 0) is 69.6 Å². The smallest absolute Gasteiger partial charge is 0.255 e. The Balaban J connectivity index is 1.50. The maximum absolute atomic E-state index is 13.0. The Morgan fingerprint density at radius 1 is 1.18 bits per heavy atom. The lowest BCUT2D eigenvalue weighted by Crippen LogP contribution is -2.42. The van der Waals surface area contributed by atoms with Gasteiger partial charge in [0.05, 0.1) is 11.2 Å². The molecule has 0 bridgehead atoms. The van der Waals surface area contributed by atoms with Crippen LogP contribution in [0.25, 0.3) is 11.1 Å². The zero-order valence-corrected chi connectivity index (χ0v) is 21.3. The van der Waals surface area contributed by atoms with E-state index in [0.29, 0.717) is 30.4 Å². The van der Waals surface area contributed by atoms with Gasteiger partial charge in [0.2, 0.25) is 0 Å². The number of amides is 1. The van der Waals surface area contributed by atoms with Crippen molar-refractivity contribution in [2.24, 2.45) is 5.92 Å². The van der Waals surface area contributed by atoms with Crippen LogP contribution in [0.4, 0.5) is 5.82 Å². The Labute approximate surface area is 204 Å². The molecular formula is C28H40N4O2. The molecule has 1 amide bonds. The molecule has 2 fully saturated rings. The molecule has 4 rings (SSSR count). The highest BCUT2D eigenvalue weighted by Gasteiger charge is 2.42. The van der Waals surface area contributed by atoms with Gasteiger partial charge in [-0.1, -0.05) is 38.1 Å². The monoisotopic (exact) mass is 464 g/mol. The Morgan fingerprint density at radius 3 is 2.41 bits per heavy atom. The molecule has 2 aromatic rings. The average molecular weight is 465 g/mol. The van der Waals surface area contributed by atoms with Gasteiger partial charge in [-0.2, -0.15) is 0 Å². The molecule has 6 nitrogen and oxygen atoms in total. The van der Waals surface area contributed by atoms with E-state index in [0.717, 1.165) is 37.1 Å². The van der Waals surface area contributed by atoms with Crippen molar-refractivity contribution < 1.29 is 9.90 Å². The first-order chi connectivity index (χ1) is 16.0. The van der Waals surface area contributed by atoms with Crippen molar-refractivity contribution in [2.75, 3.05) is 18.8 Å². The number of nitrogens with one attached hydrogen (secondary N) is 1. The minimum atomic E-state index is -0.631. The fourth-order valence-electron chi connectivity index (χ4n) is 5.47. The minimum absolute atomic E-state index is 0.0506. The van der Waals surface area contributed by atoms with Gasteiger partial charge in [0, 0.05) is 42.3 Å². The fourth-order valence-corrected chi connectivity index (χ4v) is 5.47. The number of pyridine rings is 1. The van der Waals surface area contributed by atoms with Crippen LogP contribution >= 0.6 is 0 Å². The summed E-state index contributed by atoms with van der Waals surface area (Å²) in [6, 6.07) is 11.1. The molecule has 1 aliphatic carbocycles. The maximum atomic E-state index is 13.0. The van der Waals surface area contributed by atoms with E-state index in [9.17, 15) is 9.90 Å².